The Kier molecular flexibility index (Phi) is 11.4. The number of nitrogens with one attached hydrogen (secondary N) is 1. The fourth-order valence-electron chi connectivity index (χ4n) is 3.56. The van der Waals surface area contributed by atoms with E-state index in [1.165, 1.54) is 51.4 Å². The molecule has 28 heavy (non-hydrogen) atoms. The molecule has 158 valence electrons. The Balaban J connectivity index is 1.71. The third kappa shape index (κ3) is 9.29. The molecule has 1 heterocycles. The highest BCUT2D eigenvalue weighted by molar-refractivity contribution is 6.30. The first-order chi connectivity index (χ1) is 13.7. The third-order valence-electron chi connectivity index (χ3n) is 5.25. The zero-order valence-electron chi connectivity index (χ0n) is 17.3. The summed E-state index contributed by atoms with van der Waals surface area (Å²) in [5.41, 5.74) is 0. The maximum Gasteiger partial charge on any atom is 0.311 e. The highest BCUT2D eigenvalue weighted by Crippen LogP contribution is 2.31. The van der Waals surface area contributed by atoms with E-state index in [2.05, 4.69) is 12.2 Å². The molecule has 1 atom stereocenters. The van der Waals surface area contributed by atoms with Crippen molar-refractivity contribution in [3.05, 3.63) is 23.2 Å². The minimum absolute atomic E-state index is 0.213. The van der Waals surface area contributed by atoms with Crippen molar-refractivity contribution in [2.24, 2.45) is 0 Å². The molecular formula is C23H36ClNO3. The molecule has 2 rings (SSSR count). The van der Waals surface area contributed by atoms with Crippen LogP contribution in [0.1, 0.15) is 84.0 Å². The van der Waals surface area contributed by atoms with Gasteiger partial charge in [-0.15, -0.1) is 0 Å². The van der Waals surface area contributed by atoms with Crippen LogP contribution >= 0.6 is 11.6 Å². The van der Waals surface area contributed by atoms with Crippen LogP contribution in [0.25, 0.3) is 0 Å². The molecule has 0 aromatic heterocycles. The first-order valence-electron chi connectivity index (χ1n) is 11.1. The van der Waals surface area contributed by atoms with Gasteiger partial charge in [0.1, 0.15) is 0 Å². The van der Waals surface area contributed by atoms with E-state index < -0.39 is 0 Å². The van der Waals surface area contributed by atoms with E-state index in [0.29, 0.717) is 35.6 Å². The summed E-state index contributed by atoms with van der Waals surface area (Å²) in [7, 11) is 0. The largest absolute Gasteiger partial charge is 0.490 e. The standard InChI is InChI=1S/C23H36ClNO3/c1-2-3-4-5-6-7-8-12-23(26)28-22-18-19(24)13-14-21(22)27-17-15-20-11-9-10-16-25-20/h13-14,18,20,25H,2-12,15-17H2,1H3. The average Bonchev–Trinajstić information content (AvgIpc) is 2.70. The summed E-state index contributed by atoms with van der Waals surface area (Å²) in [6.45, 7) is 3.91. The Labute approximate surface area is 175 Å². The van der Waals surface area contributed by atoms with Crippen molar-refractivity contribution in [3.8, 4) is 11.5 Å². The number of carbonyl (C=O) groups is 1. The number of ether oxygens (including phenoxy) is 2. The summed E-state index contributed by atoms with van der Waals surface area (Å²) in [6, 6.07) is 5.73. The smallest absolute Gasteiger partial charge is 0.311 e. The second-order valence-corrected chi connectivity index (χ2v) is 8.16. The maximum absolute atomic E-state index is 12.2. The first-order valence-corrected chi connectivity index (χ1v) is 11.4. The van der Waals surface area contributed by atoms with Crippen LogP contribution in [0.2, 0.25) is 5.02 Å². The molecule has 1 unspecified atom stereocenters. The van der Waals surface area contributed by atoms with Crippen LogP contribution in [-0.4, -0.2) is 25.2 Å². The third-order valence-corrected chi connectivity index (χ3v) is 5.49. The lowest BCUT2D eigenvalue weighted by atomic mass is 10.0. The van der Waals surface area contributed by atoms with E-state index in [-0.39, 0.29) is 5.97 Å². The molecule has 1 aromatic carbocycles. The molecule has 1 aromatic rings. The fourth-order valence-corrected chi connectivity index (χ4v) is 3.72. The molecule has 0 spiro atoms. The Morgan fingerprint density at radius 1 is 1.11 bits per heavy atom. The van der Waals surface area contributed by atoms with E-state index in [9.17, 15) is 4.79 Å². The fraction of sp³-hybridized carbons (Fsp3) is 0.696. The molecule has 1 saturated heterocycles. The highest BCUT2D eigenvalue weighted by Gasteiger charge is 2.14. The molecule has 0 bridgehead atoms. The van der Waals surface area contributed by atoms with E-state index >= 15 is 0 Å². The van der Waals surface area contributed by atoms with Gasteiger partial charge < -0.3 is 14.8 Å². The molecule has 0 aliphatic carbocycles. The summed E-state index contributed by atoms with van der Waals surface area (Å²) in [6.07, 6.45) is 13.4. The van der Waals surface area contributed by atoms with Crippen LogP contribution in [-0.2, 0) is 4.79 Å². The minimum Gasteiger partial charge on any atom is -0.490 e. The number of esters is 1. The topological polar surface area (TPSA) is 47.6 Å². The van der Waals surface area contributed by atoms with E-state index in [1.807, 2.05) is 0 Å². The van der Waals surface area contributed by atoms with Gasteiger partial charge in [-0.2, -0.15) is 0 Å². The number of halogens is 1. The molecular weight excluding hydrogens is 374 g/mol. The van der Waals surface area contributed by atoms with Gasteiger partial charge in [-0.05, 0) is 44.4 Å². The highest BCUT2D eigenvalue weighted by atomic mass is 35.5. The Morgan fingerprint density at radius 2 is 1.89 bits per heavy atom. The van der Waals surface area contributed by atoms with Gasteiger partial charge in [0.2, 0.25) is 0 Å². The van der Waals surface area contributed by atoms with Crippen molar-refractivity contribution in [1.82, 2.24) is 5.32 Å². The number of hydrogen-bond acceptors (Lipinski definition) is 4. The monoisotopic (exact) mass is 409 g/mol. The number of rotatable bonds is 13. The lowest BCUT2D eigenvalue weighted by Crippen LogP contribution is -2.35. The van der Waals surface area contributed by atoms with E-state index in [0.717, 1.165) is 25.8 Å². The summed E-state index contributed by atoms with van der Waals surface area (Å²) in [5.74, 6) is 0.805. The van der Waals surface area contributed by atoms with E-state index in [4.69, 9.17) is 21.1 Å². The molecule has 0 radical (unpaired) electrons. The zero-order valence-corrected chi connectivity index (χ0v) is 18.1. The summed E-state index contributed by atoms with van der Waals surface area (Å²) < 4.78 is 11.5. The van der Waals surface area contributed by atoms with Crippen LogP contribution in [0.4, 0.5) is 0 Å². The zero-order chi connectivity index (χ0) is 20.0. The van der Waals surface area contributed by atoms with Gasteiger partial charge in [0, 0.05) is 23.6 Å². The average molecular weight is 410 g/mol. The normalized spacial score (nSPS) is 16.7. The van der Waals surface area contributed by atoms with Crippen molar-refractivity contribution < 1.29 is 14.3 Å². The molecule has 4 nitrogen and oxygen atoms in total. The molecule has 0 amide bonds. The van der Waals surface area contributed by atoms with Crippen molar-refractivity contribution in [2.75, 3.05) is 13.2 Å². The Morgan fingerprint density at radius 3 is 2.64 bits per heavy atom. The SMILES string of the molecule is CCCCCCCCCC(=O)Oc1cc(Cl)ccc1OCCC1CCCCN1. The lowest BCUT2D eigenvalue weighted by Gasteiger charge is -2.23. The molecule has 5 heteroatoms. The van der Waals surface area contributed by atoms with Gasteiger partial charge >= 0.3 is 5.97 Å². The molecule has 1 aliphatic rings. The van der Waals surface area contributed by atoms with Crippen LogP contribution in [0.15, 0.2) is 18.2 Å². The van der Waals surface area contributed by atoms with Crippen LogP contribution in [0.3, 0.4) is 0 Å². The van der Waals surface area contributed by atoms with Gasteiger partial charge in [-0.3, -0.25) is 4.79 Å². The van der Waals surface area contributed by atoms with Crippen molar-refractivity contribution in [3.63, 3.8) is 0 Å². The van der Waals surface area contributed by atoms with Crippen molar-refractivity contribution in [2.45, 2.75) is 90.0 Å². The van der Waals surface area contributed by atoms with Crippen molar-refractivity contribution >= 4 is 17.6 Å². The lowest BCUT2D eigenvalue weighted by molar-refractivity contribution is -0.134. The Bertz CT molecular complexity index is 573. The van der Waals surface area contributed by atoms with Gasteiger partial charge in [0.25, 0.3) is 0 Å². The first kappa shape index (κ1) is 23.0. The Hall–Kier alpha value is -1.26. The number of unbranched alkanes of at least 4 members (excludes halogenated alkanes) is 6. The number of piperidine rings is 1. The van der Waals surface area contributed by atoms with Gasteiger partial charge in [0.05, 0.1) is 6.61 Å². The number of hydrogen-bond donors (Lipinski definition) is 1. The summed E-state index contributed by atoms with van der Waals surface area (Å²) in [4.78, 5) is 12.2. The van der Waals surface area contributed by atoms with Crippen molar-refractivity contribution in [1.29, 1.82) is 0 Å². The van der Waals surface area contributed by atoms with Gasteiger partial charge in [0.15, 0.2) is 11.5 Å². The minimum atomic E-state index is -0.213. The molecule has 1 fully saturated rings. The van der Waals surface area contributed by atoms with Crippen LogP contribution in [0, 0.1) is 0 Å². The second-order valence-electron chi connectivity index (χ2n) is 7.72. The van der Waals surface area contributed by atoms with E-state index in [1.54, 1.807) is 18.2 Å². The summed E-state index contributed by atoms with van der Waals surface area (Å²) in [5, 5.41) is 4.06. The second kappa shape index (κ2) is 13.8. The van der Waals surface area contributed by atoms with Gasteiger partial charge in [-0.1, -0.05) is 63.5 Å². The predicted molar refractivity (Wildman–Crippen MR) is 115 cm³/mol. The van der Waals surface area contributed by atoms with Crippen LogP contribution < -0.4 is 14.8 Å². The maximum atomic E-state index is 12.2. The molecule has 0 saturated carbocycles. The quantitative estimate of drug-likeness (QED) is 0.236. The van der Waals surface area contributed by atoms with Gasteiger partial charge in [-0.25, -0.2) is 0 Å². The van der Waals surface area contributed by atoms with Crippen LogP contribution in [0.5, 0.6) is 11.5 Å². The number of benzene rings is 1. The molecule has 1 aliphatic heterocycles. The number of carbonyl (C=O) groups excluding carboxylic acids is 1. The predicted octanol–water partition coefficient (Wildman–Crippen LogP) is 6.30. The molecule has 1 N–H and O–H groups in total. The summed E-state index contributed by atoms with van der Waals surface area (Å²) >= 11 is 6.09.